The van der Waals surface area contributed by atoms with Crippen LogP contribution < -0.4 is 0 Å². The van der Waals surface area contributed by atoms with Crippen molar-refractivity contribution < 1.29 is 0 Å². The third-order valence-corrected chi connectivity index (χ3v) is 4.77. The van der Waals surface area contributed by atoms with Gasteiger partial charge in [0.05, 0.1) is 0 Å². The Kier molecular flexibility index (Phi) is 1.47. The van der Waals surface area contributed by atoms with Crippen molar-refractivity contribution in [3.63, 3.8) is 0 Å². The molecule has 2 heteroatoms. The Morgan fingerprint density at radius 2 is 2.00 bits per heavy atom. The maximum absolute atomic E-state index is 2.18. The molecule has 2 saturated heterocycles. The van der Waals surface area contributed by atoms with Crippen molar-refractivity contribution in [1.29, 1.82) is 0 Å². The Labute approximate surface area is 58.8 Å². The first-order chi connectivity index (χ1) is 3.97. The molecular formula is C6H10S2. The lowest BCUT2D eigenvalue weighted by molar-refractivity contribution is 0.566. The summed E-state index contributed by atoms with van der Waals surface area (Å²) in [6, 6.07) is 0. The molecule has 1 atom stereocenters. The van der Waals surface area contributed by atoms with Crippen LogP contribution in [0.3, 0.4) is 0 Å². The van der Waals surface area contributed by atoms with Crippen molar-refractivity contribution in [3.8, 4) is 0 Å². The molecule has 1 unspecified atom stereocenters. The third-order valence-electron chi connectivity index (χ3n) is 1.92. The lowest BCUT2D eigenvalue weighted by Crippen LogP contribution is -2.34. The number of hydrogen-bond donors (Lipinski definition) is 0. The molecule has 0 amide bonds. The highest BCUT2D eigenvalue weighted by molar-refractivity contribution is 8.02. The summed E-state index contributed by atoms with van der Waals surface area (Å²) in [6.45, 7) is 0. The average Bonchev–Trinajstić information content (AvgIpc) is 1.47. The van der Waals surface area contributed by atoms with E-state index in [0.29, 0.717) is 0 Å². The molecule has 2 aliphatic rings. The predicted molar refractivity (Wildman–Crippen MR) is 41.7 cm³/mol. The molecule has 0 aliphatic carbocycles. The van der Waals surface area contributed by atoms with Crippen molar-refractivity contribution in [3.05, 3.63) is 0 Å². The second-order valence-corrected chi connectivity index (χ2v) is 4.92. The zero-order valence-electron chi connectivity index (χ0n) is 4.80. The number of thioether (sulfide) groups is 2. The van der Waals surface area contributed by atoms with Crippen LogP contribution in [0.1, 0.15) is 6.42 Å². The van der Waals surface area contributed by atoms with Crippen LogP contribution in [0.15, 0.2) is 0 Å². The highest BCUT2D eigenvalue weighted by Crippen LogP contribution is 2.41. The molecule has 46 valence electrons. The molecule has 0 nitrogen and oxygen atoms in total. The second kappa shape index (κ2) is 2.14. The van der Waals surface area contributed by atoms with E-state index in [4.69, 9.17) is 0 Å². The largest absolute Gasteiger partial charge is 0.161 e. The lowest BCUT2D eigenvalue weighted by atomic mass is 10.1. The molecule has 0 spiro atoms. The van der Waals surface area contributed by atoms with Gasteiger partial charge in [-0.25, -0.2) is 0 Å². The van der Waals surface area contributed by atoms with E-state index in [1.54, 1.807) is 0 Å². The second-order valence-electron chi connectivity index (χ2n) is 2.50. The van der Waals surface area contributed by atoms with Crippen LogP contribution in [-0.4, -0.2) is 22.5 Å². The number of rotatable bonds is 1. The molecule has 0 N–H and O–H groups in total. The standard InChI is InChI=1S/C6H10S2/c1-2-8-6(1)5-3-7-4-5/h5-6H,1-4H2. The molecule has 2 heterocycles. The van der Waals surface area contributed by atoms with Crippen LogP contribution in [0.25, 0.3) is 0 Å². The van der Waals surface area contributed by atoms with Crippen LogP contribution in [0.5, 0.6) is 0 Å². The third kappa shape index (κ3) is 0.781. The molecule has 2 rings (SSSR count). The van der Waals surface area contributed by atoms with E-state index in [-0.39, 0.29) is 0 Å². The summed E-state index contributed by atoms with van der Waals surface area (Å²) >= 11 is 4.29. The van der Waals surface area contributed by atoms with Gasteiger partial charge >= 0.3 is 0 Å². The molecule has 0 aromatic rings. The molecule has 0 aromatic heterocycles. The van der Waals surface area contributed by atoms with Gasteiger partial charge in [0.1, 0.15) is 0 Å². The van der Waals surface area contributed by atoms with E-state index in [2.05, 4.69) is 23.5 Å². The van der Waals surface area contributed by atoms with Gasteiger partial charge in [0.2, 0.25) is 0 Å². The van der Waals surface area contributed by atoms with E-state index in [0.717, 1.165) is 11.2 Å². The summed E-state index contributed by atoms with van der Waals surface area (Å²) in [4.78, 5) is 0. The SMILES string of the molecule is C1CC(C2CSC2)S1. The van der Waals surface area contributed by atoms with E-state index in [1.807, 2.05) is 0 Å². The summed E-state index contributed by atoms with van der Waals surface area (Å²) < 4.78 is 0. The maximum Gasteiger partial charge on any atom is 0.00989 e. The summed E-state index contributed by atoms with van der Waals surface area (Å²) in [6.07, 6.45) is 1.51. The van der Waals surface area contributed by atoms with Crippen molar-refractivity contribution in [1.82, 2.24) is 0 Å². The molecule has 8 heavy (non-hydrogen) atoms. The van der Waals surface area contributed by atoms with Gasteiger partial charge in [-0.3, -0.25) is 0 Å². The molecule has 0 radical (unpaired) electrons. The zero-order valence-corrected chi connectivity index (χ0v) is 6.43. The van der Waals surface area contributed by atoms with Gasteiger partial charge in [0.25, 0.3) is 0 Å². The van der Waals surface area contributed by atoms with Crippen LogP contribution in [0.2, 0.25) is 0 Å². The average molecular weight is 146 g/mol. The molecular weight excluding hydrogens is 136 g/mol. The van der Waals surface area contributed by atoms with E-state index >= 15 is 0 Å². The fraction of sp³-hybridized carbons (Fsp3) is 1.00. The Morgan fingerprint density at radius 3 is 2.12 bits per heavy atom. The highest BCUT2D eigenvalue weighted by Gasteiger charge is 2.32. The molecule has 0 aromatic carbocycles. The minimum absolute atomic E-state index is 1.08. The van der Waals surface area contributed by atoms with Crippen LogP contribution in [0, 0.1) is 5.92 Å². The quantitative estimate of drug-likeness (QED) is 0.554. The molecule has 2 aliphatic heterocycles. The first kappa shape index (κ1) is 5.48. The number of hydrogen-bond acceptors (Lipinski definition) is 2. The summed E-state index contributed by atoms with van der Waals surface area (Å²) in [5.41, 5.74) is 0. The molecule has 2 fully saturated rings. The Morgan fingerprint density at radius 1 is 1.25 bits per heavy atom. The fourth-order valence-corrected chi connectivity index (χ4v) is 3.28. The Bertz CT molecular complexity index is 72.5. The van der Waals surface area contributed by atoms with Crippen LogP contribution in [-0.2, 0) is 0 Å². The normalized spacial score (nSPS) is 38.2. The Hall–Kier alpha value is 0.700. The van der Waals surface area contributed by atoms with E-state index in [9.17, 15) is 0 Å². The van der Waals surface area contributed by atoms with Gasteiger partial charge in [-0.05, 0) is 29.6 Å². The minimum atomic E-state index is 1.08. The van der Waals surface area contributed by atoms with Gasteiger partial charge in [-0.1, -0.05) is 0 Å². The Balaban J connectivity index is 1.79. The molecule has 0 saturated carbocycles. The van der Waals surface area contributed by atoms with Crippen LogP contribution in [0.4, 0.5) is 0 Å². The lowest BCUT2D eigenvalue weighted by Gasteiger charge is -2.38. The summed E-state index contributed by atoms with van der Waals surface area (Å²) in [5.74, 6) is 5.46. The van der Waals surface area contributed by atoms with Crippen molar-refractivity contribution in [2.75, 3.05) is 17.3 Å². The first-order valence-electron chi connectivity index (χ1n) is 3.16. The van der Waals surface area contributed by atoms with E-state index in [1.165, 1.54) is 23.7 Å². The van der Waals surface area contributed by atoms with Crippen molar-refractivity contribution in [2.45, 2.75) is 11.7 Å². The smallest absolute Gasteiger partial charge is 0.00989 e. The van der Waals surface area contributed by atoms with Gasteiger partial charge in [-0.15, -0.1) is 0 Å². The summed E-state index contributed by atoms with van der Waals surface area (Å²) in [5, 5.41) is 1.08. The van der Waals surface area contributed by atoms with E-state index < -0.39 is 0 Å². The van der Waals surface area contributed by atoms with Crippen molar-refractivity contribution >= 4 is 23.5 Å². The topological polar surface area (TPSA) is 0 Å². The first-order valence-corrected chi connectivity index (χ1v) is 5.36. The van der Waals surface area contributed by atoms with Gasteiger partial charge in [0, 0.05) is 5.25 Å². The van der Waals surface area contributed by atoms with Crippen molar-refractivity contribution in [2.24, 2.45) is 5.92 Å². The minimum Gasteiger partial charge on any atom is -0.161 e. The fourth-order valence-electron chi connectivity index (χ4n) is 1.09. The summed E-state index contributed by atoms with van der Waals surface area (Å²) in [7, 11) is 0. The predicted octanol–water partition coefficient (Wildman–Crippen LogP) is 1.85. The monoisotopic (exact) mass is 146 g/mol. The highest BCUT2D eigenvalue weighted by atomic mass is 32.2. The van der Waals surface area contributed by atoms with Crippen LogP contribution >= 0.6 is 23.5 Å². The molecule has 0 bridgehead atoms. The van der Waals surface area contributed by atoms with Gasteiger partial charge < -0.3 is 0 Å². The van der Waals surface area contributed by atoms with Gasteiger partial charge in [0.15, 0.2) is 0 Å². The van der Waals surface area contributed by atoms with Gasteiger partial charge in [-0.2, -0.15) is 23.5 Å². The maximum atomic E-state index is 2.18. The zero-order chi connectivity index (χ0) is 5.40.